The second-order valence-corrected chi connectivity index (χ2v) is 7.58. The van der Waals surface area contributed by atoms with Crippen molar-refractivity contribution in [3.05, 3.63) is 77.0 Å². The van der Waals surface area contributed by atoms with Crippen LogP contribution in [0.5, 0.6) is 5.88 Å². The third kappa shape index (κ3) is 3.69. The van der Waals surface area contributed by atoms with Gasteiger partial charge in [-0.15, -0.1) is 0 Å². The molecule has 0 radical (unpaired) electrons. The molecule has 0 amide bonds. The molecule has 0 bridgehead atoms. The van der Waals surface area contributed by atoms with Gasteiger partial charge >= 0.3 is 5.97 Å². The van der Waals surface area contributed by atoms with E-state index in [1.54, 1.807) is 16.8 Å². The molecule has 0 aliphatic rings. The van der Waals surface area contributed by atoms with Gasteiger partial charge in [0.15, 0.2) is 0 Å². The maximum absolute atomic E-state index is 12.5. The van der Waals surface area contributed by atoms with E-state index in [1.165, 1.54) is 5.56 Å². The number of benzene rings is 2. The van der Waals surface area contributed by atoms with Crippen molar-refractivity contribution in [2.24, 2.45) is 0 Å². The Morgan fingerprint density at radius 1 is 1.00 bits per heavy atom. The first kappa shape index (κ1) is 17.9. The van der Waals surface area contributed by atoms with Crippen LogP contribution in [0.1, 0.15) is 48.0 Å². The number of rotatable bonds is 3. The third-order valence-corrected chi connectivity index (χ3v) is 4.23. The standard InChI is InChI=1S/C22H24N2O2/c1-15-11-12-18(16(2)13-15)24-20(14-19(23-24)22(3,4)5)26-21(25)17-9-7-6-8-10-17/h6-14H,1-5H3. The van der Waals surface area contributed by atoms with Crippen molar-refractivity contribution >= 4 is 5.97 Å². The number of aryl methyl sites for hydroxylation is 2. The Kier molecular flexibility index (Phi) is 4.68. The normalized spacial score (nSPS) is 11.4. The first-order chi connectivity index (χ1) is 12.3. The lowest BCUT2D eigenvalue weighted by Crippen LogP contribution is -2.13. The zero-order chi connectivity index (χ0) is 18.9. The van der Waals surface area contributed by atoms with E-state index in [0.29, 0.717) is 11.4 Å². The van der Waals surface area contributed by atoms with E-state index < -0.39 is 5.97 Å². The van der Waals surface area contributed by atoms with E-state index >= 15 is 0 Å². The van der Waals surface area contributed by atoms with Crippen LogP contribution in [0.3, 0.4) is 0 Å². The van der Waals surface area contributed by atoms with Gasteiger partial charge in [-0.1, -0.05) is 56.7 Å². The van der Waals surface area contributed by atoms with Gasteiger partial charge in [-0.3, -0.25) is 0 Å². The number of carbonyl (C=O) groups is 1. The van der Waals surface area contributed by atoms with Crippen LogP contribution in [0.25, 0.3) is 5.69 Å². The summed E-state index contributed by atoms with van der Waals surface area (Å²) in [6, 6.07) is 17.0. The average Bonchev–Trinajstić information content (AvgIpc) is 2.99. The zero-order valence-electron chi connectivity index (χ0n) is 15.9. The molecule has 4 nitrogen and oxygen atoms in total. The molecule has 26 heavy (non-hydrogen) atoms. The van der Waals surface area contributed by atoms with Crippen molar-refractivity contribution in [3.8, 4) is 11.6 Å². The van der Waals surface area contributed by atoms with Crippen molar-refractivity contribution < 1.29 is 9.53 Å². The molecule has 0 unspecified atom stereocenters. The summed E-state index contributed by atoms with van der Waals surface area (Å²) in [7, 11) is 0. The van der Waals surface area contributed by atoms with Crippen LogP contribution in [0, 0.1) is 13.8 Å². The van der Waals surface area contributed by atoms with Crippen LogP contribution in [-0.2, 0) is 5.41 Å². The van der Waals surface area contributed by atoms with E-state index in [2.05, 4.69) is 33.8 Å². The Balaban J connectivity index is 2.06. The summed E-state index contributed by atoms with van der Waals surface area (Å²) < 4.78 is 7.43. The van der Waals surface area contributed by atoms with Crippen molar-refractivity contribution in [3.63, 3.8) is 0 Å². The molecule has 0 spiro atoms. The maximum Gasteiger partial charge on any atom is 0.344 e. The highest BCUT2D eigenvalue weighted by Gasteiger charge is 2.23. The molecule has 0 fully saturated rings. The van der Waals surface area contributed by atoms with Crippen LogP contribution in [0.4, 0.5) is 0 Å². The van der Waals surface area contributed by atoms with E-state index in [4.69, 9.17) is 9.84 Å². The smallest absolute Gasteiger partial charge is 0.344 e. The van der Waals surface area contributed by atoms with Crippen LogP contribution in [0.15, 0.2) is 54.6 Å². The zero-order valence-corrected chi connectivity index (χ0v) is 15.9. The fraction of sp³-hybridized carbons (Fsp3) is 0.273. The van der Waals surface area contributed by atoms with Crippen molar-refractivity contribution in [2.75, 3.05) is 0 Å². The van der Waals surface area contributed by atoms with E-state index in [-0.39, 0.29) is 5.41 Å². The molecule has 4 heteroatoms. The average molecular weight is 348 g/mol. The first-order valence-electron chi connectivity index (χ1n) is 8.71. The number of ether oxygens (including phenoxy) is 1. The van der Waals surface area contributed by atoms with Gasteiger partial charge in [0, 0.05) is 11.5 Å². The molecule has 3 rings (SSSR count). The molecule has 0 aliphatic heterocycles. The number of carbonyl (C=O) groups excluding carboxylic acids is 1. The fourth-order valence-electron chi connectivity index (χ4n) is 2.75. The molecule has 2 aromatic carbocycles. The van der Waals surface area contributed by atoms with Crippen molar-refractivity contribution in [1.29, 1.82) is 0 Å². The Morgan fingerprint density at radius 2 is 1.69 bits per heavy atom. The predicted molar refractivity (Wildman–Crippen MR) is 103 cm³/mol. The third-order valence-electron chi connectivity index (χ3n) is 4.23. The monoisotopic (exact) mass is 348 g/mol. The van der Waals surface area contributed by atoms with Crippen molar-refractivity contribution in [1.82, 2.24) is 9.78 Å². The van der Waals surface area contributed by atoms with Gasteiger partial charge < -0.3 is 4.74 Å². The minimum absolute atomic E-state index is 0.155. The Bertz CT molecular complexity index is 935. The van der Waals surface area contributed by atoms with Crippen molar-refractivity contribution in [2.45, 2.75) is 40.0 Å². The topological polar surface area (TPSA) is 44.1 Å². The van der Waals surface area contributed by atoms with Crippen LogP contribution in [-0.4, -0.2) is 15.7 Å². The van der Waals surface area contributed by atoms with Gasteiger partial charge in [0.1, 0.15) is 0 Å². The molecular formula is C22H24N2O2. The van der Waals surface area contributed by atoms with E-state index in [9.17, 15) is 4.79 Å². The molecule has 0 aliphatic carbocycles. The molecule has 0 atom stereocenters. The minimum Gasteiger partial charge on any atom is -0.404 e. The van der Waals surface area contributed by atoms with E-state index in [0.717, 1.165) is 16.9 Å². The van der Waals surface area contributed by atoms with Gasteiger partial charge in [-0.25, -0.2) is 9.48 Å². The summed E-state index contributed by atoms with van der Waals surface area (Å²) >= 11 is 0. The largest absolute Gasteiger partial charge is 0.404 e. The molecule has 134 valence electrons. The predicted octanol–water partition coefficient (Wildman–Crippen LogP) is 5.01. The molecule has 3 aromatic rings. The van der Waals surface area contributed by atoms with Crippen LogP contribution < -0.4 is 4.74 Å². The highest BCUT2D eigenvalue weighted by atomic mass is 16.5. The lowest BCUT2D eigenvalue weighted by molar-refractivity contribution is 0.0723. The summed E-state index contributed by atoms with van der Waals surface area (Å²) in [6.45, 7) is 10.3. The minimum atomic E-state index is -0.392. The SMILES string of the molecule is Cc1ccc(-n2nc(C(C)(C)C)cc2OC(=O)c2ccccc2)c(C)c1. The Labute approximate surface area is 154 Å². The number of hydrogen-bond donors (Lipinski definition) is 0. The highest BCUT2D eigenvalue weighted by molar-refractivity contribution is 5.90. The Hall–Kier alpha value is -2.88. The number of esters is 1. The number of hydrogen-bond acceptors (Lipinski definition) is 3. The summed E-state index contributed by atoms with van der Waals surface area (Å²) in [5, 5.41) is 4.73. The van der Waals surface area contributed by atoms with E-state index in [1.807, 2.05) is 43.3 Å². The number of nitrogens with zero attached hydrogens (tertiary/aromatic N) is 2. The molecule has 1 heterocycles. The maximum atomic E-state index is 12.5. The second-order valence-electron chi connectivity index (χ2n) is 7.58. The van der Waals surface area contributed by atoms with Gasteiger partial charge in [-0.05, 0) is 37.6 Å². The quantitative estimate of drug-likeness (QED) is 0.625. The lowest BCUT2D eigenvalue weighted by Gasteiger charge is -2.14. The van der Waals surface area contributed by atoms with Crippen LogP contribution in [0.2, 0.25) is 0 Å². The lowest BCUT2D eigenvalue weighted by atomic mass is 9.93. The molecule has 1 aromatic heterocycles. The number of aromatic nitrogens is 2. The summed E-state index contributed by atoms with van der Waals surface area (Å²) in [6.07, 6.45) is 0. The first-order valence-corrected chi connectivity index (χ1v) is 8.71. The van der Waals surface area contributed by atoms with Gasteiger partial charge in [0.05, 0.1) is 16.9 Å². The second kappa shape index (κ2) is 6.79. The highest BCUT2D eigenvalue weighted by Crippen LogP contribution is 2.29. The molecule has 0 N–H and O–H groups in total. The fourth-order valence-corrected chi connectivity index (χ4v) is 2.75. The van der Waals surface area contributed by atoms with Gasteiger partial charge in [0.25, 0.3) is 0 Å². The Morgan fingerprint density at radius 3 is 2.31 bits per heavy atom. The summed E-state index contributed by atoms with van der Waals surface area (Å²) in [4.78, 5) is 12.5. The van der Waals surface area contributed by atoms with Crippen LogP contribution >= 0.6 is 0 Å². The molecule has 0 saturated carbocycles. The summed E-state index contributed by atoms with van der Waals surface area (Å²) in [5.74, 6) is 0.0349. The molecular weight excluding hydrogens is 324 g/mol. The molecule has 0 saturated heterocycles. The van der Waals surface area contributed by atoms with Gasteiger partial charge in [-0.2, -0.15) is 5.10 Å². The van der Waals surface area contributed by atoms with Gasteiger partial charge in [0.2, 0.25) is 5.88 Å². The summed E-state index contributed by atoms with van der Waals surface area (Å²) in [5.41, 5.74) is 4.38.